The van der Waals surface area contributed by atoms with Gasteiger partial charge in [-0.05, 0) is 43.4 Å². The van der Waals surface area contributed by atoms with Gasteiger partial charge in [0.25, 0.3) is 0 Å². The zero-order chi connectivity index (χ0) is 13.1. The van der Waals surface area contributed by atoms with Gasteiger partial charge < -0.3 is 4.74 Å². The quantitative estimate of drug-likeness (QED) is 0.600. The van der Waals surface area contributed by atoms with E-state index in [1.54, 1.807) is 11.3 Å². The highest BCUT2D eigenvalue weighted by atomic mass is 35.5. The molecule has 0 fully saturated rings. The fourth-order valence-corrected chi connectivity index (χ4v) is 2.84. The van der Waals surface area contributed by atoms with Crippen molar-refractivity contribution in [1.82, 2.24) is 9.97 Å². The fourth-order valence-electron chi connectivity index (χ4n) is 1.76. The van der Waals surface area contributed by atoms with Gasteiger partial charge in [0, 0.05) is 4.88 Å². The van der Waals surface area contributed by atoms with Crippen LogP contribution in [0.2, 0.25) is 5.28 Å². The van der Waals surface area contributed by atoms with E-state index < -0.39 is 0 Å². The van der Waals surface area contributed by atoms with Crippen molar-refractivity contribution in [1.29, 1.82) is 0 Å². The molecule has 98 valence electrons. The molecule has 0 saturated carbocycles. The molecule has 3 nitrogen and oxygen atoms in total. The Morgan fingerprint density at radius 2 is 2.17 bits per heavy atom. The molecule has 0 unspecified atom stereocenters. The van der Waals surface area contributed by atoms with E-state index in [0.717, 1.165) is 23.1 Å². The molecule has 0 spiro atoms. The van der Waals surface area contributed by atoms with Crippen LogP contribution < -0.4 is 4.74 Å². The number of nitrogens with zero attached hydrogens (tertiary/aromatic N) is 2. The minimum absolute atomic E-state index is 0.253. The van der Waals surface area contributed by atoms with Crippen LogP contribution in [-0.2, 0) is 0 Å². The van der Waals surface area contributed by atoms with Gasteiger partial charge in [-0.1, -0.05) is 13.8 Å². The maximum Gasteiger partial charge on any atom is 0.227 e. The first kappa shape index (κ1) is 13.6. The van der Waals surface area contributed by atoms with Crippen molar-refractivity contribution in [3.8, 4) is 5.88 Å². The molecule has 0 bridgehead atoms. The molecule has 18 heavy (non-hydrogen) atoms. The topological polar surface area (TPSA) is 35.0 Å². The molecule has 0 amide bonds. The predicted molar refractivity (Wildman–Crippen MR) is 76.7 cm³/mol. The van der Waals surface area contributed by atoms with E-state index in [1.807, 2.05) is 13.0 Å². The van der Waals surface area contributed by atoms with Crippen molar-refractivity contribution in [3.63, 3.8) is 0 Å². The van der Waals surface area contributed by atoms with E-state index in [0.29, 0.717) is 18.4 Å². The van der Waals surface area contributed by atoms with E-state index in [9.17, 15) is 0 Å². The Balaban J connectivity index is 2.11. The van der Waals surface area contributed by atoms with Gasteiger partial charge in [0.15, 0.2) is 0 Å². The largest absolute Gasteiger partial charge is 0.477 e. The van der Waals surface area contributed by atoms with Crippen molar-refractivity contribution >= 4 is 33.2 Å². The number of aryl methyl sites for hydroxylation is 1. The summed E-state index contributed by atoms with van der Waals surface area (Å²) in [6.07, 6.45) is 2.19. The van der Waals surface area contributed by atoms with Crippen molar-refractivity contribution in [2.24, 2.45) is 5.92 Å². The maximum atomic E-state index is 5.90. The lowest BCUT2D eigenvalue weighted by Crippen LogP contribution is -2.02. The molecule has 2 aromatic heterocycles. The van der Waals surface area contributed by atoms with E-state index in [2.05, 4.69) is 23.8 Å². The van der Waals surface area contributed by atoms with Gasteiger partial charge in [-0.2, -0.15) is 4.98 Å². The predicted octanol–water partition coefficient (Wildman–Crippen LogP) is 4.47. The summed E-state index contributed by atoms with van der Waals surface area (Å²) in [7, 11) is 0. The van der Waals surface area contributed by atoms with Crippen molar-refractivity contribution in [2.75, 3.05) is 6.61 Å². The lowest BCUT2D eigenvalue weighted by Gasteiger charge is -2.07. The first-order valence-corrected chi connectivity index (χ1v) is 7.32. The van der Waals surface area contributed by atoms with Crippen LogP contribution in [0.3, 0.4) is 0 Å². The van der Waals surface area contributed by atoms with Crippen molar-refractivity contribution in [3.05, 3.63) is 16.2 Å². The van der Waals surface area contributed by atoms with Crippen LogP contribution >= 0.6 is 22.9 Å². The Morgan fingerprint density at radius 1 is 1.39 bits per heavy atom. The molecule has 0 saturated heterocycles. The van der Waals surface area contributed by atoms with E-state index in [4.69, 9.17) is 16.3 Å². The third-order valence-electron chi connectivity index (χ3n) is 2.62. The number of halogens is 1. The first-order chi connectivity index (χ1) is 8.56. The highest BCUT2D eigenvalue weighted by Crippen LogP contribution is 2.30. The average molecular weight is 285 g/mol. The summed E-state index contributed by atoms with van der Waals surface area (Å²) in [6, 6.07) is 2.05. The molecule has 2 rings (SSSR count). The number of aromatic nitrogens is 2. The fraction of sp³-hybridized carbons (Fsp3) is 0.538. The average Bonchev–Trinajstić information content (AvgIpc) is 2.64. The molecule has 0 aromatic carbocycles. The van der Waals surface area contributed by atoms with Crippen molar-refractivity contribution in [2.45, 2.75) is 33.6 Å². The molecule has 2 aromatic rings. The summed E-state index contributed by atoms with van der Waals surface area (Å²) >= 11 is 7.51. The summed E-state index contributed by atoms with van der Waals surface area (Å²) in [5.41, 5.74) is 0. The third-order valence-corrected chi connectivity index (χ3v) is 3.73. The highest BCUT2D eigenvalue weighted by Gasteiger charge is 2.10. The van der Waals surface area contributed by atoms with Crippen LogP contribution in [0.15, 0.2) is 6.07 Å². The van der Waals surface area contributed by atoms with Gasteiger partial charge in [0.2, 0.25) is 11.2 Å². The Hall–Kier alpha value is -0.870. The SMILES string of the molecule is Cc1cc2c(OCCCC(C)C)nc(Cl)nc2s1. The minimum Gasteiger partial charge on any atom is -0.477 e. The Morgan fingerprint density at radius 3 is 2.89 bits per heavy atom. The monoisotopic (exact) mass is 284 g/mol. The van der Waals surface area contributed by atoms with E-state index in [1.165, 1.54) is 4.88 Å². The molecule has 0 aliphatic carbocycles. The maximum absolute atomic E-state index is 5.90. The second kappa shape index (κ2) is 5.85. The van der Waals surface area contributed by atoms with Gasteiger partial charge in [-0.25, -0.2) is 4.98 Å². The summed E-state index contributed by atoms with van der Waals surface area (Å²) in [5.74, 6) is 1.31. The molecule has 2 heterocycles. The van der Waals surface area contributed by atoms with Crippen molar-refractivity contribution < 1.29 is 4.74 Å². The van der Waals surface area contributed by atoms with Gasteiger partial charge in [0.1, 0.15) is 4.83 Å². The Kier molecular flexibility index (Phi) is 4.40. The van der Waals surface area contributed by atoms with Crippen LogP contribution in [0.1, 0.15) is 31.6 Å². The lowest BCUT2D eigenvalue weighted by atomic mass is 10.1. The number of ether oxygens (including phenoxy) is 1. The standard InChI is InChI=1S/C13H17ClN2OS/c1-8(2)5-4-6-17-11-10-7-9(3)18-12(10)16-13(14)15-11/h7-8H,4-6H2,1-3H3. The summed E-state index contributed by atoms with van der Waals surface area (Å²) in [4.78, 5) is 10.5. The van der Waals surface area contributed by atoms with Gasteiger partial charge in [0.05, 0.1) is 12.0 Å². The molecule has 0 N–H and O–H groups in total. The Labute approximate surface area is 116 Å². The number of hydrogen-bond acceptors (Lipinski definition) is 4. The van der Waals surface area contributed by atoms with E-state index in [-0.39, 0.29) is 5.28 Å². The Bertz CT molecular complexity index is 539. The summed E-state index contributed by atoms with van der Waals surface area (Å²) < 4.78 is 5.73. The number of hydrogen-bond donors (Lipinski definition) is 0. The zero-order valence-electron chi connectivity index (χ0n) is 10.9. The van der Waals surface area contributed by atoms with Crippen LogP contribution in [-0.4, -0.2) is 16.6 Å². The van der Waals surface area contributed by atoms with Crippen LogP contribution in [0.25, 0.3) is 10.2 Å². The number of rotatable bonds is 5. The first-order valence-electron chi connectivity index (χ1n) is 6.12. The third kappa shape index (κ3) is 3.33. The van der Waals surface area contributed by atoms with Crippen LogP contribution in [0.5, 0.6) is 5.88 Å². The lowest BCUT2D eigenvalue weighted by molar-refractivity contribution is 0.290. The van der Waals surface area contributed by atoms with Gasteiger partial charge in [-0.15, -0.1) is 11.3 Å². The van der Waals surface area contributed by atoms with Gasteiger partial charge >= 0.3 is 0 Å². The summed E-state index contributed by atoms with van der Waals surface area (Å²) in [6.45, 7) is 7.14. The normalized spacial score (nSPS) is 11.4. The molecule has 0 atom stereocenters. The highest BCUT2D eigenvalue weighted by molar-refractivity contribution is 7.18. The molecular formula is C13H17ClN2OS. The molecule has 0 aliphatic heterocycles. The molecule has 0 radical (unpaired) electrons. The number of fused-ring (bicyclic) bond motifs is 1. The minimum atomic E-state index is 0.253. The smallest absolute Gasteiger partial charge is 0.227 e. The van der Waals surface area contributed by atoms with E-state index >= 15 is 0 Å². The van der Waals surface area contributed by atoms with Gasteiger partial charge in [-0.3, -0.25) is 0 Å². The summed E-state index contributed by atoms with van der Waals surface area (Å²) in [5, 5.41) is 1.22. The molecule has 0 aliphatic rings. The van der Waals surface area contributed by atoms with Crippen LogP contribution in [0.4, 0.5) is 0 Å². The molecular weight excluding hydrogens is 268 g/mol. The van der Waals surface area contributed by atoms with Crippen LogP contribution in [0, 0.1) is 12.8 Å². The molecule has 5 heteroatoms. The number of thiophene rings is 1. The zero-order valence-corrected chi connectivity index (χ0v) is 12.4. The second-order valence-electron chi connectivity index (χ2n) is 4.76. The second-order valence-corrected chi connectivity index (χ2v) is 6.33.